The molecular weight excluding hydrogens is 340 g/mol. The number of aliphatic hydroxyl groups excluding tert-OH is 1. The Hall–Kier alpha value is -2.40. The molecule has 5 heteroatoms. The highest BCUT2D eigenvalue weighted by atomic mass is 16.5. The lowest BCUT2D eigenvalue weighted by molar-refractivity contribution is 0.201. The largest absolute Gasteiger partial charge is 0.494 e. The quantitative estimate of drug-likeness (QED) is 0.337. The molecule has 0 heterocycles. The highest BCUT2D eigenvalue weighted by molar-refractivity contribution is 5.44. The fourth-order valence-electron chi connectivity index (χ4n) is 2.57. The van der Waals surface area contributed by atoms with Gasteiger partial charge in [-0.3, -0.25) is 0 Å². The van der Waals surface area contributed by atoms with Gasteiger partial charge in [0.1, 0.15) is 18.1 Å². The molecule has 0 aromatic heterocycles. The molecule has 0 aliphatic heterocycles. The Morgan fingerprint density at radius 3 is 1.67 bits per heavy atom. The van der Waals surface area contributed by atoms with E-state index in [0.29, 0.717) is 5.75 Å². The van der Waals surface area contributed by atoms with Gasteiger partial charge in [-0.2, -0.15) is 10.2 Å². The topological polar surface area (TPSA) is 63.4 Å². The van der Waals surface area contributed by atoms with E-state index in [4.69, 9.17) is 14.6 Å². The van der Waals surface area contributed by atoms with E-state index in [0.717, 1.165) is 30.2 Å². The zero-order valence-corrected chi connectivity index (χ0v) is 16.1. The Balaban J connectivity index is 1.72. The standard InChI is InChI=1S/C22H30N2O3/c1-2-3-4-5-6-7-17-26-21-12-8-19(9-13-21)23-24-20-10-14-22(15-11-20)27-18-16-25/h8-15,25H,2-7,16-18H2,1H3/b24-23+. The molecule has 0 aliphatic rings. The summed E-state index contributed by atoms with van der Waals surface area (Å²) in [6.07, 6.45) is 7.57. The van der Waals surface area contributed by atoms with E-state index in [1.54, 1.807) is 0 Å². The van der Waals surface area contributed by atoms with Crippen LogP contribution < -0.4 is 9.47 Å². The van der Waals surface area contributed by atoms with Crippen LogP contribution in [0.25, 0.3) is 0 Å². The summed E-state index contributed by atoms with van der Waals surface area (Å²) in [5.74, 6) is 1.57. The molecule has 0 amide bonds. The third-order valence-corrected chi connectivity index (χ3v) is 4.08. The second kappa shape index (κ2) is 12.9. The van der Waals surface area contributed by atoms with E-state index in [2.05, 4.69) is 17.2 Å². The number of hydrogen-bond acceptors (Lipinski definition) is 5. The van der Waals surface area contributed by atoms with Crippen molar-refractivity contribution in [2.24, 2.45) is 10.2 Å². The summed E-state index contributed by atoms with van der Waals surface area (Å²) in [7, 11) is 0. The van der Waals surface area contributed by atoms with Gasteiger partial charge < -0.3 is 14.6 Å². The number of azo groups is 1. The van der Waals surface area contributed by atoms with Gasteiger partial charge >= 0.3 is 0 Å². The predicted molar refractivity (Wildman–Crippen MR) is 109 cm³/mol. The molecule has 0 fully saturated rings. The maximum atomic E-state index is 8.74. The summed E-state index contributed by atoms with van der Waals surface area (Å²) in [5.41, 5.74) is 1.53. The molecule has 27 heavy (non-hydrogen) atoms. The maximum Gasteiger partial charge on any atom is 0.119 e. The molecule has 0 saturated heterocycles. The van der Waals surface area contributed by atoms with Crippen LogP contribution in [-0.4, -0.2) is 24.9 Å². The van der Waals surface area contributed by atoms with Crippen molar-refractivity contribution >= 4 is 11.4 Å². The first-order valence-corrected chi connectivity index (χ1v) is 9.80. The molecule has 0 radical (unpaired) electrons. The SMILES string of the molecule is CCCCCCCCOc1ccc(/N=N/c2ccc(OCCO)cc2)cc1. The molecule has 2 aromatic carbocycles. The molecule has 2 rings (SSSR count). The number of nitrogens with zero attached hydrogens (tertiary/aromatic N) is 2. The zero-order valence-electron chi connectivity index (χ0n) is 16.1. The third-order valence-electron chi connectivity index (χ3n) is 4.08. The second-order valence-corrected chi connectivity index (χ2v) is 6.38. The van der Waals surface area contributed by atoms with E-state index < -0.39 is 0 Å². The fraction of sp³-hybridized carbons (Fsp3) is 0.455. The van der Waals surface area contributed by atoms with Crippen molar-refractivity contribution in [3.63, 3.8) is 0 Å². The lowest BCUT2D eigenvalue weighted by atomic mass is 10.1. The summed E-state index contributed by atoms with van der Waals surface area (Å²) in [5, 5.41) is 17.2. The predicted octanol–water partition coefficient (Wildman–Crippen LogP) is 6.21. The van der Waals surface area contributed by atoms with Crippen molar-refractivity contribution in [2.75, 3.05) is 19.8 Å². The number of hydrogen-bond donors (Lipinski definition) is 1. The number of aliphatic hydroxyl groups is 1. The maximum absolute atomic E-state index is 8.74. The van der Waals surface area contributed by atoms with Crippen molar-refractivity contribution in [1.29, 1.82) is 0 Å². The average molecular weight is 370 g/mol. The summed E-state index contributed by atoms with van der Waals surface area (Å²) in [4.78, 5) is 0. The Kier molecular flexibility index (Phi) is 9.97. The number of unbranched alkanes of at least 4 members (excludes halogenated alkanes) is 5. The zero-order chi connectivity index (χ0) is 19.2. The molecule has 2 aromatic rings. The number of benzene rings is 2. The summed E-state index contributed by atoms with van der Waals surface area (Å²) in [6, 6.07) is 14.9. The van der Waals surface area contributed by atoms with Crippen LogP contribution in [0, 0.1) is 0 Å². The van der Waals surface area contributed by atoms with Crippen LogP contribution in [0.5, 0.6) is 11.5 Å². The summed E-state index contributed by atoms with van der Waals surface area (Å²) < 4.78 is 11.1. The van der Waals surface area contributed by atoms with Crippen LogP contribution >= 0.6 is 0 Å². The van der Waals surface area contributed by atoms with Gasteiger partial charge in [-0.25, -0.2) is 0 Å². The molecule has 0 unspecified atom stereocenters. The molecule has 0 bridgehead atoms. The van der Waals surface area contributed by atoms with Gasteiger partial charge in [0.15, 0.2) is 0 Å². The van der Waals surface area contributed by atoms with Crippen LogP contribution in [-0.2, 0) is 0 Å². The van der Waals surface area contributed by atoms with Gasteiger partial charge in [-0.05, 0) is 55.0 Å². The van der Waals surface area contributed by atoms with Crippen LogP contribution in [0.2, 0.25) is 0 Å². The second-order valence-electron chi connectivity index (χ2n) is 6.38. The number of ether oxygens (including phenoxy) is 2. The van der Waals surface area contributed by atoms with E-state index >= 15 is 0 Å². The first-order valence-electron chi connectivity index (χ1n) is 9.80. The van der Waals surface area contributed by atoms with Gasteiger partial charge in [0.05, 0.1) is 24.6 Å². The van der Waals surface area contributed by atoms with Crippen LogP contribution in [0.1, 0.15) is 45.4 Å². The van der Waals surface area contributed by atoms with Crippen molar-refractivity contribution < 1.29 is 14.6 Å². The van der Waals surface area contributed by atoms with Gasteiger partial charge in [-0.15, -0.1) is 0 Å². The first-order chi connectivity index (χ1) is 13.3. The van der Waals surface area contributed by atoms with Crippen molar-refractivity contribution in [2.45, 2.75) is 45.4 Å². The van der Waals surface area contributed by atoms with Crippen molar-refractivity contribution in [1.82, 2.24) is 0 Å². The van der Waals surface area contributed by atoms with E-state index in [-0.39, 0.29) is 13.2 Å². The molecule has 0 aliphatic carbocycles. The normalized spacial score (nSPS) is 11.0. The Bertz CT molecular complexity index is 654. The Morgan fingerprint density at radius 1 is 0.667 bits per heavy atom. The molecule has 0 saturated carbocycles. The molecule has 5 nitrogen and oxygen atoms in total. The molecule has 146 valence electrons. The monoisotopic (exact) mass is 370 g/mol. The molecule has 1 N–H and O–H groups in total. The van der Waals surface area contributed by atoms with Crippen LogP contribution in [0.4, 0.5) is 11.4 Å². The minimum atomic E-state index is 0.000127. The molecule has 0 spiro atoms. The average Bonchev–Trinajstić information content (AvgIpc) is 2.71. The van der Waals surface area contributed by atoms with Gasteiger partial charge in [0.2, 0.25) is 0 Å². The lowest BCUT2D eigenvalue weighted by Crippen LogP contribution is -2.00. The van der Waals surface area contributed by atoms with E-state index in [1.807, 2.05) is 48.5 Å². The number of rotatable bonds is 13. The third kappa shape index (κ3) is 8.69. The smallest absolute Gasteiger partial charge is 0.119 e. The fourth-order valence-corrected chi connectivity index (χ4v) is 2.57. The summed E-state index contributed by atoms with van der Waals surface area (Å²) in [6.45, 7) is 3.28. The Labute approximate surface area is 162 Å². The Morgan fingerprint density at radius 2 is 1.15 bits per heavy atom. The van der Waals surface area contributed by atoms with Gasteiger partial charge in [-0.1, -0.05) is 39.0 Å². The highest BCUT2D eigenvalue weighted by Crippen LogP contribution is 2.23. The van der Waals surface area contributed by atoms with E-state index in [1.165, 1.54) is 32.1 Å². The molecule has 0 atom stereocenters. The van der Waals surface area contributed by atoms with Crippen molar-refractivity contribution in [3.8, 4) is 11.5 Å². The van der Waals surface area contributed by atoms with Gasteiger partial charge in [0, 0.05) is 0 Å². The minimum Gasteiger partial charge on any atom is -0.494 e. The lowest BCUT2D eigenvalue weighted by Gasteiger charge is -2.06. The minimum absolute atomic E-state index is 0.000127. The van der Waals surface area contributed by atoms with Crippen LogP contribution in [0.3, 0.4) is 0 Å². The first kappa shape index (κ1) is 20.9. The van der Waals surface area contributed by atoms with Crippen molar-refractivity contribution in [3.05, 3.63) is 48.5 Å². The highest BCUT2D eigenvalue weighted by Gasteiger charge is 1.97. The summed E-state index contributed by atoms with van der Waals surface area (Å²) >= 11 is 0. The van der Waals surface area contributed by atoms with Crippen LogP contribution in [0.15, 0.2) is 58.8 Å². The van der Waals surface area contributed by atoms with Gasteiger partial charge in [0.25, 0.3) is 0 Å². The molecular formula is C22H30N2O3. The van der Waals surface area contributed by atoms with E-state index in [9.17, 15) is 0 Å².